The first-order chi connectivity index (χ1) is 13.6. The second kappa shape index (κ2) is 6.81. The van der Waals surface area contributed by atoms with Crippen molar-refractivity contribution in [1.29, 1.82) is 0 Å². The van der Waals surface area contributed by atoms with Gasteiger partial charge in [-0.25, -0.2) is 8.42 Å². The van der Waals surface area contributed by atoms with Crippen molar-refractivity contribution in [1.82, 2.24) is 14.2 Å². The third kappa shape index (κ3) is 3.20. The molecule has 29 heavy (non-hydrogen) atoms. The number of carbonyl (C=O) groups excluding carboxylic acids is 1. The summed E-state index contributed by atoms with van der Waals surface area (Å²) in [6.45, 7) is 8.45. The van der Waals surface area contributed by atoms with Gasteiger partial charge in [0.1, 0.15) is 5.75 Å². The van der Waals surface area contributed by atoms with Crippen LogP contribution in [0.15, 0.2) is 41.4 Å². The Balaban J connectivity index is 1.65. The van der Waals surface area contributed by atoms with Crippen LogP contribution in [0.1, 0.15) is 42.4 Å². The summed E-state index contributed by atoms with van der Waals surface area (Å²) in [6, 6.07) is 8.39. The number of piperazine rings is 1. The summed E-state index contributed by atoms with van der Waals surface area (Å²) >= 11 is 0. The molecule has 2 aliphatic rings. The monoisotopic (exact) mass is 415 g/mol. The molecule has 2 aliphatic heterocycles. The molecule has 3 heterocycles. The Hall–Kier alpha value is -2.45. The number of ether oxygens (including phenoxy) is 1. The predicted octanol–water partition coefficient (Wildman–Crippen LogP) is 2.55. The Morgan fingerprint density at radius 2 is 1.86 bits per heavy atom. The topological polar surface area (TPSA) is 79.8 Å². The van der Waals surface area contributed by atoms with Gasteiger partial charge in [0.05, 0.1) is 22.1 Å². The summed E-state index contributed by atoms with van der Waals surface area (Å²) in [5.41, 5.74) is 1.51. The summed E-state index contributed by atoms with van der Waals surface area (Å²) in [5.74, 6) is 0.552. The molecule has 1 saturated heterocycles. The van der Waals surface area contributed by atoms with Gasteiger partial charge < -0.3 is 9.64 Å². The largest absolute Gasteiger partial charge is 0.491 e. The quantitative estimate of drug-likeness (QED) is 0.767. The van der Waals surface area contributed by atoms with E-state index in [0.29, 0.717) is 17.9 Å². The standard InChI is InChI=1S/C21H25N3O4S/c1-14(2)28-16-5-7-17(8-6-16)29(26,27)23-9-10-24-20(25)18-12-22-15(3)11-19(18)21(24,4)13-23/h5-8,11-12,14H,9-10,13H2,1-4H3. The van der Waals surface area contributed by atoms with Crippen molar-refractivity contribution in [2.45, 2.75) is 44.2 Å². The molecule has 7 nitrogen and oxygen atoms in total. The summed E-state index contributed by atoms with van der Waals surface area (Å²) < 4.78 is 33.6. The average molecular weight is 416 g/mol. The Morgan fingerprint density at radius 1 is 1.17 bits per heavy atom. The maximum atomic E-state index is 13.3. The van der Waals surface area contributed by atoms with Crippen LogP contribution in [0.5, 0.6) is 5.75 Å². The molecule has 154 valence electrons. The summed E-state index contributed by atoms with van der Waals surface area (Å²) in [5, 5.41) is 0. The van der Waals surface area contributed by atoms with E-state index in [1.165, 1.54) is 4.31 Å². The van der Waals surface area contributed by atoms with Gasteiger partial charge in [-0.15, -0.1) is 0 Å². The Labute approximate surface area is 171 Å². The molecule has 2 aromatic rings. The van der Waals surface area contributed by atoms with Gasteiger partial charge in [0.25, 0.3) is 5.91 Å². The number of fused-ring (bicyclic) bond motifs is 3. The van der Waals surface area contributed by atoms with Crippen molar-refractivity contribution in [2.24, 2.45) is 0 Å². The zero-order valence-electron chi connectivity index (χ0n) is 17.0. The Kier molecular flexibility index (Phi) is 4.66. The number of sulfonamides is 1. The van der Waals surface area contributed by atoms with Gasteiger partial charge in [-0.2, -0.15) is 4.31 Å². The molecule has 1 aromatic heterocycles. The fourth-order valence-corrected chi connectivity index (χ4v) is 5.68. The van der Waals surface area contributed by atoms with Gasteiger partial charge in [0, 0.05) is 31.5 Å². The normalized spacial score (nSPS) is 22.0. The first kappa shape index (κ1) is 19.8. The molecular formula is C21H25N3O4S. The number of carbonyl (C=O) groups is 1. The number of aromatic nitrogens is 1. The number of hydrogen-bond acceptors (Lipinski definition) is 5. The lowest BCUT2D eigenvalue weighted by Gasteiger charge is -2.44. The third-order valence-corrected chi connectivity index (χ3v) is 7.44. The molecule has 0 spiro atoms. The van der Waals surface area contributed by atoms with Crippen LogP contribution in [0.25, 0.3) is 0 Å². The Bertz CT molecular complexity index is 1070. The van der Waals surface area contributed by atoms with Crippen molar-refractivity contribution in [3.8, 4) is 5.75 Å². The fourth-order valence-electron chi connectivity index (χ4n) is 4.16. The van der Waals surface area contributed by atoms with E-state index in [1.54, 1.807) is 35.4 Å². The van der Waals surface area contributed by atoms with Crippen LogP contribution in [0.2, 0.25) is 0 Å². The van der Waals surface area contributed by atoms with E-state index in [1.807, 2.05) is 33.8 Å². The molecule has 0 N–H and O–H groups in total. The lowest BCUT2D eigenvalue weighted by Crippen LogP contribution is -2.58. The summed E-state index contributed by atoms with van der Waals surface area (Å²) in [7, 11) is -3.69. The highest BCUT2D eigenvalue weighted by molar-refractivity contribution is 7.89. The molecule has 4 rings (SSSR count). The molecule has 0 radical (unpaired) electrons. The molecule has 0 aliphatic carbocycles. The van der Waals surface area contributed by atoms with E-state index < -0.39 is 15.6 Å². The van der Waals surface area contributed by atoms with Crippen LogP contribution in [-0.2, 0) is 15.6 Å². The SMILES string of the molecule is Cc1cc2c(cn1)C(=O)N1CCN(S(=O)(=O)c3ccc(OC(C)C)cc3)CC21C. The smallest absolute Gasteiger partial charge is 0.256 e. The van der Waals surface area contributed by atoms with Gasteiger partial charge in [0.15, 0.2) is 0 Å². The number of rotatable bonds is 4. The minimum Gasteiger partial charge on any atom is -0.491 e. The number of benzene rings is 1. The zero-order valence-corrected chi connectivity index (χ0v) is 17.9. The number of amides is 1. The highest BCUT2D eigenvalue weighted by Crippen LogP contribution is 2.42. The lowest BCUT2D eigenvalue weighted by molar-refractivity contribution is 0.0376. The molecule has 1 atom stereocenters. The molecular weight excluding hydrogens is 390 g/mol. The van der Waals surface area contributed by atoms with Crippen LogP contribution in [-0.4, -0.2) is 54.3 Å². The van der Waals surface area contributed by atoms with E-state index in [0.717, 1.165) is 11.3 Å². The fraction of sp³-hybridized carbons (Fsp3) is 0.429. The van der Waals surface area contributed by atoms with Crippen molar-refractivity contribution in [3.63, 3.8) is 0 Å². The minimum absolute atomic E-state index is 0.0170. The molecule has 0 saturated carbocycles. The second-order valence-corrected chi connectivity index (χ2v) is 10.0. The van der Waals surface area contributed by atoms with Crippen molar-refractivity contribution >= 4 is 15.9 Å². The number of hydrogen-bond donors (Lipinski definition) is 0. The van der Waals surface area contributed by atoms with Gasteiger partial charge in [-0.1, -0.05) is 0 Å². The highest BCUT2D eigenvalue weighted by Gasteiger charge is 2.51. The van der Waals surface area contributed by atoms with Crippen LogP contribution in [0, 0.1) is 6.92 Å². The van der Waals surface area contributed by atoms with Gasteiger partial charge >= 0.3 is 0 Å². The van der Waals surface area contributed by atoms with E-state index in [2.05, 4.69) is 4.98 Å². The van der Waals surface area contributed by atoms with Crippen LogP contribution >= 0.6 is 0 Å². The predicted molar refractivity (Wildman–Crippen MR) is 108 cm³/mol. The van der Waals surface area contributed by atoms with Gasteiger partial charge in [-0.3, -0.25) is 9.78 Å². The third-order valence-electron chi connectivity index (χ3n) is 5.58. The van der Waals surface area contributed by atoms with Crippen molar-refractivity contribution in [3.05, 3.63) is 53.3 Å². The molecule has 1 amide bonds. The first-order valence-corrected chi connectivity index (χ1v) is 11.1. The zero-order chi connectivity index (χ0) is 21.0. The van der Waals surface area contributed by atoms with E-state index in [-0.39, 0.29) is 30.0 Å². The molecule has 8 heteroatoms. The first-order valence-electron chi connectivity index (χ1n) is 9.69. The van der Waals surface area contributed by atoms with Crippen molar-refractivity contribution in [2.75, 3.05) is 19.6 Å². The van der Waals surface area contributed by atoms with Gasteiger partial charge in [-0.05, 0) is 63.6 Å². The molecule has 0 bridgehead atoms. The number of nitrogens with zero attached hydrogens (tertiary/aromatic N) is 3. The van der Waals surface area contributed by atoms with Crippen LogP contribution < -0.4 is 4.74 Å². The highest BCUT2D eigenvalue weighted by atomic mass is 32.2. The average Bonchev–Trinajstić information content (AvgIpc) is 2.88. The molecule has 1 aromatic carbocycles. The van der Waals surface area contributed by atoms with E-state index in [4.69, 9.17) is 4.74 Å². The van der Waals surface area contributed by atoms with Gasteiger partial charge in [0.2, 0.25) is 10.0 Å². The molecule has 1 fully saturated rings. The van der Waals surface area contributed by atoms with Crippen LogP contribution in [0.4, 0.5) is 0 Å². The van der Waals surface area contributed by atoms with E-state index in [9.17, 15) is 13.2 Å². The summed E-state index contributed by atoms with van der Waals surface area (Å²) in [4.78, 5) is 19.0. The number of pyridine rings is 1. The second-order valence-electron chi connectivity index (χ2n) is 8.08. The molecule has 1 unspecified atom stereocenters. The van der Waals surface area contributed by atoms with Crippen molar-refractivity contribution < 1.29 is 17.9 Å². The number of aryl methyl sites for hydroxylation is 1. The Morgan fingerprint density at radius 3 is 2.52 bits per heavy atom. The maximum Gasteiger partial charge on any atom is 0.256 e. The maximum absolute atomic E-state index is 13.3. The summed E-state index contributed by atoms with van der Waals surface area (Å²) in [6.07, 6.45) is 1.62. The van der Waals surface area contributed by atoms with Crippen LogP contribution in [0.3, 0.4) is 0 Å². The van der Waals surface area contributed by atoms with E-state index >= 15 is 0 Å². The minimum atomic E-state index is -3.69. The lowest BCUT2D eigenvalue weighted by atomic mass is 9.90.